The van der Waals surface area contributed by atoms with Gasteiger partial charge >= 0.3 is 0 Å². The Hall–Kier alpha value is -1.29. The number of halogens is 3. The Morgan fingerprint density at radius 2 is 2.04 bits per heavy atom. The van der Waals surface area contributed by atoms with Crippen LogP contribution >= 0.6 is 35.3 Å². The molecule has 0 spiro atoms. The van der Waals surface area contributed by atoms with E-state index in [9.17, 15) is 8.78 Å². The van der Waals surface area contributed by atoms with Gasteiger partial charge in [0.2, 0.25) is 0 Å². The molecule has 2 aromatic rings. The van der Waals surface area contributed by atoms with Crippen LogP contribution < -0.4 is 10.6 Å². The van der Waals surface area contributed by atoms with E-state index in [1.165, 1.54) is 6.07 Å². The third kappa shape index (κ3) is 6.85. The summed E-state index contributed by atoms with van der Waals surface area (Å²) in [6, 6.07) is 3.48. The zero-order valence-electron chi connectivity index (χ0n) is 14.5. The molecule has 4 nitrogen and oxygen atoms in total. The number of aromatic nitrogens is 1. The van der Waals surface area contributed by atoms with Gasteiger partial charge in [0.15, 0.2) is 5.96 Å². The van der Waals surface area contributed by atoms with Crippen LogP contribution in [0.1, 0.15) is 36.0 Å². The van der Waals surface area contributed by atoms with Gasteiger partial charge in [-0.2, -0.15) is 0 Å². The second-order valence-electron chi connectivity index (χ2n) is 5.66. The van der Waals surface area contributed by atoms with Crippen LogP contribution in [0.15, 0.2) is 28.6 Å². The van der Waals surface area contributed by atoms with E-state index >= 15 is 0 Å². The van der Waals surface area contributed by atoms with Crippen molar-refractivity contribution in [2.24, 2.45) is 4.99 Å². The number of nitrogens with zero attached hydrogens (tertiary/aromatic N) is 2. The molecule has 0 unspecified atom stereocenters. The predicted molar refractivity (Wildman–Crippen MR) is 110 cm³/mol. The molecule has 8 heteroatoms. The van der Waals surface area contributed by atoms with Crippen LogP contribution in [0.4, 0.5) is 8.78 Å². The standard InChI is InChI=1S/C17H22F2N4S.HI/c1-11(2)15-10-24-16(23-15)9-22-17(20-3)21-7-6-12-8-13(18)4-5-14(12)19;/h4-5,8,10-11H,6-7,9H2,1-3H3,(H2,20,21,22);1H. The fourth-order valence-electron chi connectivity index (χ4n) is 2.10. The maximum absolute atomic E-state index is 13.6. The molecule has 0 saturated carbocycles. The van der Waals surface area contributed by atoms with Crippen molar-refractivity contribution in [3.8, 4) is 0 Å². The van der Waals surface area contributed by atoms with E-state index in [-0.39, 0.29) is 24.0 Å². The lowest BCUT2D eigenvalue weighted by atomic mass is 10.1. The molecule has 2 rings (SSSR count). The molecule has 0 radical (unpaired) electrons. The first-order valence-electron chi connectivity index (χ1n) is 7.82. The summed E-state index contributed by atoms with van der Waals surface area (Å²) in [6.07, 6.45) is 0.374. The summed E-state index contributed by atoms with van der Waals surface area (Å²) in [6.45, 7) is 5.25. The van der Waals surface area contributed by atoms with E-state index in [0.29, 0.717) is 37.0 Å². The molecule has 25 heavy (non-hydrogen) atoms. The van der Waals surface area contributed by atoms with Crippen LogP contribution in [-0.4, -0.2) is 24.5 Å². The molecule has 0 fully saturated rings. The van der Waals surface area contributed by atoms with Crippen molar-refractivity contribution in [2.75, 3.05) is 13.6 Å². The average Bonchev–Trinajstić information content (AvgIpc) is 3.03. The number of hydrogen-bond donors (Lipinski definition) is 2. The van der Waals surface area contributed by atoms with Crippen LogP contribution in [0.3, 0.4) is 0 Å². The molecule has 0 atom stereocenters. The summed E-state index contributed by atoms with van der Waals surface area (Å²) in [5.41, 5.74) is 1.43. The monoisotopic (exact) mass is 480 g/mol. The van der Waals surface area contributed by atoms with Gasteiger partial charge in [-0.25, -0.2) is 13.8 Å². The molecule has 1 aromatic heterocycles. The molecule has 0 amide bonds. The number of guanidine groups is 1. The van der Waals surface area contributed by atoms with Crippen molar-refractivity contribution < 1.29 is 8.78 Å². The van der Waals surface area contributed by atoms with Gasteiger partial charge in [-0.1, -0.05) is 13.8 Å². The number of nitrogens with one attached hydrogen (secondary N) is 2. The van der Waals surface area contributed by atoms with Gasteiger partial charge in [0.25, 0.3) is 0 Å². The molecule has 0 aliphatic heterocycles. The second-order valence-corrected chi connectivity index (χ2v) is 6.60. The van der Waals surface area contributed by atoms with E-state index < -0.39 is 11.6 Å². The van der Waals surface area contributed by atoms with E-state index in [1.807, 2.05) is 0 Å². The summed E-state index contributed by atoms with van der Waals surface area (Å²) in [5.74, 6) is 0.186. The first-order valence-corrected chi connectivity index (χ1v) is 8.70. The highest BCUT2D eigenvalue weighted by atomic mass is 127. The average molecular weight is 480 g/mol. The molecule has 0 bridgehead atoms. The zero-order valence-corrected chi connectivity index (χ0v) is 17.6. The van der Waals surface area contributed by atoms with Crippen LogP contribution in [0, 0.1) is 11.6 Å². The first kappa shape index (κ1) is 21.8. The second kappa shape index (κ2) is 10.6. The Bertz CT molecular complexity index is 704. The summed E-state index contributed by atoms with van der Waals surface area (Å²) in [5, 5.41) is 9.30. The largest absolute Gasteiger partial charge is 0.356 e. The Morgan fingerprint density at radius 3 is 2.68 bits per heavy atom. The van der Waals surface area contributed by atoms with Crippen LogP contribution in [0.25, 0.3) is 0 Å². The highest BCUT2D eigenvalue weighted by Crippen LogP contribution is 2.17. The van der Waals surface area contributed by atoms with Crippen molar-refractivity contribution >= 4 is 41.3 Å². The molecular weight excluding hydrogens is 457 g/mol. The topological polar surface area (TPSA) is 49.3 Å². The highest BCUT2D eigenvalue weighted by Gasteiger charge is 2.07. The van der Waals surface area contributed by atoms with E-state index in [2.05, 4.69) is 39.8 Å². The van der Waals surface area contributed by atoms with Gasteiger partial charge in [-0.05, 0) is 36.1 Å². The van der Waals surface area contributed by atoms with E-state index in [1.54, 1.807) is 18.4 Å². The fraction of sp³-hybridized carbons (Fsp3) is 0.412. The van der Waals surface area contributed by atoms with Crippen LogP contribution in [-0.2, 0) is 13.0 Å². The number of hydrogen-bond acceptors (Lipinski definition) is 3. The number of thiazole rings is 1. The van der Waals surface area contributed by atoms with Gasteiger partial charge in [-0.15, -0.1) is 35.3 Å². The fourth-order valence-corrected chi connectivity index (χ4v) is 3.00. The van der Waals surface area contributed by atoms with Gasteiger partial charge in [0.1, 0.15) is 16.6 Å². The molecule has 138 valence electrons. The Kier molecular flexibility index (Phi) is 9.26. The van der Waals surface area contributed by atoms with Crippen molar-refractivity contribution in [2.45, 2.75) is 32.7 Å². The Morgan fingerprint density at radius 1 is 1.28 bits per heavy atom. The Labute approximate surface area is 168 Å². The molecule has 0 aliphatic rings. The maximum atomic E-state index is 13.6. The van der Waals surface area contributed by atoms with Crippen molar-refractivity contribution in [1.82, 2.24) is 15.6 Å². The van der Waals surface area contributed by atoms with Crippen molar-refractivity contribution in [3.05, 3.63) is 51.5 Å². The molecule has 0 saturated heterocycles. The van der Waals surface area contributed by atoms with E-state index in [4.69, 9.17) is 0 Å². The summed E-state index contributed by atoms with van der Waals surface area (Å²) >= 11 is 1.61. The lowest BCUT2D eigenvalue weighted by Crippen LogP contribution is -2.37. The zero-order chi connectivity index (χ0) is 17.5. The number of benzene rings is 1. The maximum Gasteiger partial charge on any atom is 0.191 e. The normalized spacial score (nSPS) is 11.4. The van der Waals surface area contributed by atoms with E-state index in [0.717, 1.165) is 22.8 Å². The van der Waals surface area contributed by atoms with Crippen LogP contribution in [0.5, 0.6) is 0 Å². The quantitative estimate of drug-likeness (QED) is 0.373. The molecule has 1 aromatic carbocycles. The van der Waals surface area contributed by atoms with Gasteiger partial charge in [0, 0.05) is 19.0 Å². The van der Waals surface area contributed by atoms with Crippen molar-refractivity contribution in [1.29, 1.82) is 0 Å². The minimum atomic E-state index is -0.432. The summed E-state index contributed by atoms with van der Waals surface area (Å²) in [4.78, 5) is 8.67. The predicted octanol–water partition coefficient (Wildman–Crippen LogP) is 4.07. The summed E-state index contributed by atoms with van der Waals surface area (Å²) < 4.78 is 26.7. The minimum Gasteiger partial charge on any atom is -0.356 e. The number of rotatable bonds is 6. The highest BCUT2D eigenvalue weighted by molar-refractivity contribution is 14.0. The van der Waals surface area contributed by atoms with Crippen LogP contribution in [0.2, 0.25) is 0 Å². The first-order chi connectivity index (χ1) is 11.5. The third-order valence-electron chi connectivity index (χ3n) is 3.49. The molecule has 0 aliphatic carbocycles. The third-order valence-corrected chi connectivity index (χ3v) is 4.35. The SMILES string of the molecule is CN=C(NCCc1cc(F)ccc1F)NCc1nc(C(C)C)cs1.I. The Balaban J connectivity index is 0.00000312. The van der Waals surface area contributed by atoms with Gasteiger partial charge in [-0.3, -0.25) is 4.99 Å². The molecule has 1 heterocycles. The minimum absolute atomic E-state index is 0. The van der Waals surface area contributed by atoms with Gasteiger partial charge < -0.3 is 10.6 Å². The smallest absolute Gasteiger partial charge is 0.191 e. The van der Waals surface area contributed by atoms with Gasteiger partial charge in [0.05, 0.1) is 12.2 Å². The lowest BCUT2D eigenvalue weighted by Gasteiger charge is -2.11. The molecule has 2 N–H and O–H groups in total. The number of aliphatic imine (C=N–C) groups is 1. The molecular formula is C17H23F2IN4S. The lowest BCUT2D eigenvalue weighted by molar-refractivity contribution is 0.583. The summed E-state index contributed by atoms with van der Waals surface area (Å²) in [7, 11) is 1.67. The van der Waals surface area contributed by atoms with Crippen molar-refractivity contribution in [3.63, 3.8) is 0 Å².